The lowest BCUT2D eigenvalue weighted by Crippen LogP contribution is -2.49. The minimum absolute atomic E-state index is 0.188. The van der Waals surface area contributed by atoms with Crippen LogP contribution in [0, 0.1) is 0 Å². The standard InChI is InChI=1S/C13H25N3O4/c1-13(2,3)20-12(18)16-7-4-5-10(9-16)15-6-8-19-11(14)17/h10,15H,4-9H2,1-3H3,(H2,14,17). The third-order valence-electron chi connectivity index (χ3n) is 2.85. The molecule has 0 aliphatic carbocycles. The van der Waals surface area contributed by atoms with Gasteiger partial charge in [-0.2, -0.15) is 0 Å². The molecule has 0 bridgehead atoms. The van der Waals surface area contributed by atoms with E-state index in [-0.39, 0.29) is 18.7 Å². The van der Waals surface area contributed by atoms with E-state index in [9.17, 15) is 9.59 Å². The minimum atomic E-state index is -0.772. The van der Waals surface area contributed by atoms with Gasteiger partial charge in [0, 0.05) is 25.7 Å². The third kappa shape index (κ3) is 6.60. The molecule has 0 aromatic rings. The molecule has 2 amide bonds. The molecule has 0 radical (unpaired) electrons. The summed E-state index contributed by atoms with van der Waals surface area (Å²) in [4.78, 5) is 24.1. The van der Waals surface area contributed by atoms with Crippen LogP contribution in [0.4, 0.5) is 9.59 Å². The zero-order valence-corrected chi connectivity index (χ0v) is 12.5. The number of nitrogens with zero attached hydrogens (tertiary/aromatic N) is 1. The van der Waals surface area contributed by atoms with Gasteiger partial charge in [-0.15, -0.1) is 0 Å². The minimum Gasteiger partial charge on any atom is -0.448 e. The molecule has 7 nitrogen and oxygen atoms in total. The lowest BCUT2D eigenvalue weighted by molar-refractivity contribution is 0.0186. The summed E-state index contributed by atoms with van der Waals surface area (Å²) in [6.45, 7) is 7.63. The van der Waals surface area contributed by atoms with Gasteiger partial charge in [0.2, 0.25) is 0 Å². The van der Waals surface area contributed by atoms with Gasteiger partial charge in [-0.3, -0.25) is 0 Å². The Morgan fingerprint density at radius 3 is 2.70 bits per heavy atom. The fraction of sp³-hybridized carbons (Fsp3) is 0.846. The molecule has 0 aromatic carbocycles. The Hall–Kier alpha value is -1.50. The smallest absolute Gasteiger partial charge is 0.410 e. The van der Waals surface area contributed by atoms with Crippen molar-refractivity contribution in [1.29, 1.82) is 0 Å². The molecule has 7 heteroatoms. The van der Waals surface area contributed by atoms with E-state index in [0.29, 0.717) is 19.6 Å². The van der Waals surface area contributed by atoms with Gasteiger partial charge in [-0.25, -0.2) is 9.59 Å². The number of nitrogens with one attached hydrogen (secondary N) is 1. The van der Waals surface area contributed by atoms with Crippen LogP contribution in [0.3, 0.4) is 0 Å². The molecule has 20 heavy (non-hydrogen) atoms. The maximum atomic E-state index is 12.0. The highest BCUT2D eigenvalue weighted by Crippen LogP contribution is 2.15. The van der Waals surface area contributed by atoms with Crippen molar-refractivity contribution in [2.45, 2.75) is 45.3 Å². The van der Waals surface area contributed by atoms with E-state index >= 15 is 0 Å². The SMILES string of the molecule is CC(C)(C)OC(=O)N1CCCC(NCCOC(N)=O)C1. The second-order valence-corrected chi connectivity index (χ2v) is 5.89. The Balaban J connectivity index is 2.31. The van der Waals surface area contributed by atoms with E-state index < -0.39 is 11.7 Å². The van der Waals surface area contributed by atoms with Crippen LogP contribution in [-0.4, -0.2) is 55.0 Å². The van der Waals surface area contributed by atoms with Crippen LogP contribution in [0.15, 0.2) is 0 Å². The molecular weight excluding hydrogens is 262 g/mol. The van der Waals surface area contributed by atoms with Gasteiger partial charge in [0.25, 0.3) is 0 Å². The molecule has 1 atom stereocenters. The lowest BCUT2D eigenvalue weighted by atomic mass is 10.1. The summed E-state index contributed by atoms with van der Waals surface area (Å²) in [5, 5.41) is 3.24. The van der Waals surface area contributed by atoms with Gasteiger partial charge in [0.1, 0.15) is 12.2 Å². The Morgan fingerprint density at radius 1 is 1.40 bits per heavy atom. The van der Waals surface area contributed by atoms with Crippen LogP contribution in [0.1, 0.15) is 33.6 Å². The first-order chi connectivity index (χ1) is 9.28. The Morgan fingerprint density at radius 2 is 2.10 bits per heavy atom. The summed E-state index contributed by atoms with van der Waals surface area (Å²) < 4.78 is 10.0. The molecule has 0 aromatic heterocycles. The van der Waals surface area contributed by atoms with Crippen molar-refractivity contribution in [3.05, 3.63) is 0 Å². The summed E-state index contributed by atoms with van der Waals surface area (Å²) in [6.07, 6.45) is 0.854. The third-order valence-corrected chi connectivity index (χ3v) is 2.85. The normalized spacial score (nSPS) is 19.6. The molecule has 1 unspecified atom stereocenters. The van der Waals surface area contributed by atoms with Crippen molar-refractivity contribution in [2.24, 2.45) is 5.73 Å². The molecule has 0 saturated carbocycles. The van der Waals surface area contributed by atoms with E-state index in [2.05, 4.69) is 10.1 Å². The number of piperidine rings is 1. The lowest BCUT2D eigenvalue weighted by Gasteiger charge is -2.34. The maximum Gasteiger partial charge on any atom is 0.410 e. The first-order valence-electron chi connectivity index (χ1n) is 6.91. The van der Waals surface area contributed by atoms with E-state index in [1.54, 1.807) is 4.90 Å². The molecule has 1 saturated heterocycles. The number of hydrogen-bond donors (Lipinski definition) is 2. The second-order valence-electron chi connectivity index (χ2n) is 5.89. The number of hydrogen-bond acceptors (Lipinski definition) is 5. The topological polar surface area (TPSA) is 93.9 Å². The van der Waals surface area contributed by atoms with Crippen LogP contribution >= 0.6 is 0 Å². The van der Waals surface area contributed by atoms with E-state index in [1.165, 1.54) is 0 Å². The van der Waals surface area contributed by atoms with Gasteiger partial charge in [-0.1, -0.05) is 0 Å². The van der Waals surface area contributed by atoms with Crippen molar-refractivity contribution in [3.8, 4) is 0 Å². The summed E-state index contributed by atoms with van der Waals surface area (Å²) in [7, 11) is 0. The number of ether oxygens (including phenoxy) is 2. The van der Waals surface area contributed by atoms with Crippen LogP contribution in [0.5, 0.6) is 0 Å². The van der Waals surface area contributed by atoms with Gasteiger partial charge in [-0.05, 0) is 33.6 Å². The van der Waals surface area contributed by atoms with Gasteiger partial charge >= 0.3 is 12.2 Å². The van der Waals surface area contributed by atoms with Crippen LogP contribution < -0.4 is 11.1 Å². The highest BCUT2D eigenvalue weighted by Gasteiger charge is 2.27. The van der Waals surface area contributed by atoms with Gasteiger partial charge < -0.3 is 25.4 Å². The van der Waals surface area contributed by atoms with Gasteiger partial charge in [0.05, 0.1) is 0 Å². The van der Waals surface area contributed by atoms with Gasteiger partial charge in [0.15, 0.2) is 0 Å². The monoisotopic (exact) mass is 287 g/mol. The first kappa shape index (κ1) is 16.6. The summed E-state index contributed by atoms with van der Waals surface area (Å²) in [5.74, 6) is 0. The molecule has 1 rings (SSSR count). The molecule has 3 N–H and O–H groups in total. The molecule has 1 aliphatic heterocycles. The molecule has 0 spiro atoms. The van der Waals surface area contributed by atoms with Crippen molar-refractivity contribution in [2.75, 3.05) is 26.2 Å². The number of carbonyl (C=O) groups excluding carboxylic acids is 2. The van der Waals surface area contributed by atoms with Crippen molar-refractivity contribution < 1.29 is 19.1 Å². The number of rotatable bonds is 4. The Kier molecular flexibility index (Phi) is 6.06. The number of nitrogens with two attached hydrogens (primary N) is 1. The fourth-order valence-corrected chi connectivity index (χ4v) is 2.05. The maximum absolute atomic E-state index is 12.0. The molecule has 1 fully saturated rings. The Bertz CT molecular complexity index is 341. The number of likely N-dealkylation sites (tertiary alicyclic amines) is 1. The average molecular weight is 287 g/mol. The van der Waals surface area contributed by atoms with E-state index in [4.69, 9.17) is 10.5 Å². The fourth-order valence-electron chi connectivity index (χ4n) is 2.05. The quantitative estimate of drug-likeness (QED) is 0.754. The zero-order valence-electron chi connectivity index (χ0n) is 12.5. The van der Waals surface area contributed by atoms with Crippen LogP contribution in [0.25, 0.3) is 0 Å². The highest BCUT2D eigenvalue weighted by molar-refractivity contribution is 5.68. The average Bonchev–Trinajstić information content (AvgIpc) is 2.33. The van der Waals surface area contributed by atoms with Crippen molar-refractivity contribution in [1.82, 2.24) is 10.2 Å². The molecular formula is C13H25N3O4. The highest BCUT2D eigenvalue weighted by atomic mass is 16.6. The largest absolute Gasteiger partial charge is 0.448 e. The second kappa shape index (κ2) is 7.33. The molecule has 1 aliphatic rings. The van der Waals surface area contributed by atoms with E-state index in [1.807, 2.05) is 20.8 Å². The predicted octanol–water partition coefficient (Wildman–Crippen LogP) is 1.07. The van der Waals surface area contributed by atoms with Crippen molar-refractivity contribution >= 4 is 12.2 Å². The first-order valence-corrected chi connectivity index (χ1v) is 6.91. The zero-order chi connectivity index (χ0) is 15.2. The Labute approximate surface area is 119 Å². The van der Waals surface area contributed by atoms with Crippen molar-refractivity contribution in [3.63, 3.8) is 0 Å². The van der Waals surface area contributed by atoms with E-state index in [0.717, 1.165) is 12.8 Å². The summed E-state index contributed by atoms with van der Waals surface area (Å²) >= 11 is 0. The number of amides is 2. The number of carbonyl (C=O) groups is 2. The molecule has 1 heterocycles. The predicted molar refractivity (Wildman–Crippen MR) is 74.4 cm³/mol. The van der Waals surface area contributed by atoms with Crippen LogP contribution in [0.2, 0.25) is 0 Å². The number of primary amides is 1. The van der Waals surface area contributed by atoms with Crippen LogP contribution in [-0.2, 0) is 9.47 Å². The summed E-state index contributed by atoms with van der Waals surface area (Å²) in [5.41, 5.74) is 4.39. The summed E-state index contributed by atoms with van der Waals surface area (Å²) in [6, 6.07) is 0.188. The molecule has 116 valence electrons.